The number of anilines is 1. The number of nitrogens with two attached hydrogens (primary N) is 1. The zero-order valence-electron chi connectivity index (χ0n) is 29.5. The number of fused-ring (bicyclic) bond motifs is 1. The van der Waals surface area contributed by atoms with E-state index in [0.717, 1.165) is 4.90 Å². The summed E-state index contributed by atoms with van der Waals surface area (Å²) >= 11 is 0.672. The van der Waals surface area contributed by atoms with E-state index in [1.165, 1.54) is 73.8 Å². The van der Waals surface area contributed by atoms with Gasteiger partial charge < -0.3 is 15.7 Å². The van der Waals surface area contributed by atoms with Crippen molar-refractivity contribution >= 4 is 99.6 Å². The summed E-state index contributed by atoms with van der Waals surface area (Å²) in [5.41, 5.74) is 6.71. The topological polar surface area (TPSA) is 334 Å². The molecular weight excluding hydrogens is 877 g/mol. The smallest absolute Gasteiger partial charge is 0.397 e. The molecule has 1 amide bonds. The number of nitrogens with zero attached hydrogens (tertiary/aromatic N) is 5. The minimum absolute atomic E-state index is 0.0346. The van der Waals surface area contributed by atoms with Gasteiger partial charge in [0, 0.05) is 29.9 Å². The van der Waals surface area contributed by atoms with Crippen molar-refractivity contribution in [2.45, 2.75) is 9.79 Å². The highest BCUT2D eigenvalue weighted by atomic mass is 32.3. The minimum Gasteiger partial charge on any atom is -0.505 e. The summed E-state index contributed by atoms with van der Waals surface area (Å²) in [6.45, 7) is -1.34. The first-order valence-corrected chi connectivity index (χ1v) is 22.0. The van der Waals surface area contributed by atoms with Crippen LogP contribution < -0.4 is 5.73 Å². The van der Waals surface area contributed by atoms with Crippen LogP contribution in [0.4, 0.5) is 28.4 Å². The molecule has 23 nitrogen and oxygen atoms in total. The average Bonchev–Trinajstić information content (AvgIpc) is 3.17. The normalized spacial score (nSPS) is 12.6. The van der Waals surface area contributed by atoms with E-state index in [2.05, 4.69) is 43.4 Å². The van der Waals surface area contributed by atoms with Gasteiger partial charge in [-0.3, -0.25) is 13.5 Å². The van der Waals surface area contributed by atoms with Gasteiger partial charge in [0.2, 0.25) is 0 Å². The molecule has 28 heteroatoms. The molecule has 0 spiro atoms. The van der Waals surface area contributed by atoms with E-state index in [1.54, 1.807) is 0 Å². The lowest BCUT2D eigenvalue weighted by Crippen LogP contribution is -2.32. The van der Waals surface area contributed by atoms with Crippen molar-refractivity contribution in [2.24, 2.45) is 20.5 Å². The van der Waals surface area contributed by atoms with E-state index < -0.39 is 65.6 Å². The molecule has 58 heavy (non-hydrogen) atoms. The molecule has 0 atom stereocenters. The lowest BCUT2D eigenvalue weighted by molar-refractivity contribution is -0.434. The van der Waals surface area contributed by atoms with E-state index in [1.807, 2.05) is 0 Å². The van der Waals surface area contributed by atoms with Crippen molar-refractivity contribution < 1.29 is 77.3 Å². The summed E-state index contributed by atoms with van der Waals surface area (Å²) in [5.74, 6) is -2.69. The van der Waals surface area contributed by atoms with Crippen molar-refractivity contribution in [3.63, 3.8) is 0 Å². The SMILES string of the molecule is CN(CCS(=O)(=O)CCOS(=O)(=O)O)C(=O)c1cccc(/N=N/c2c(SOOO)cc3c(/N=N/c4ccc(S(=O)(=O)CCOSOOO)cc4)c(N)ccc3c2O)c1. The number of sulfone groups is 2. The second-order valence-corrected chi connectivity index (χ2v) is 18.1. The third-order valence-electron chi connectivity index (χ3n) is 7.46. The largest absolute Gasteiger partial charge is 0.505 e. The van der Waals surface area contributed by atoms with E-state index in [-0.39, 0.29) is 80.0 Å². The molecule has 0 bridgehead atoms. The Bertz CT molecular complexity index is 2470. The Morgan fingerprint density at radius 3 is 2.17 bits per heavy atom. The third kappa shape index (κ3) is 13.6. The van der Waals surface area contributed by atoms with Gasteiger partial charge in [0.05, 0.1) is 69.4 Å². The van der Waals surface area contributed by atoms with Crippen LogP contribution in [-0.2, 0) is 57.2 Å². The summed E-state index contributed by atoms with van der Waals surface area (Å²) in [6, 6.07) is 15.5. The molecule has 0 aromatic heterocycles. The lowest BCUT2D eigenvalue weighted by atomic mass is 10.1. The fourth-order valence-corrected chi connectivity index (χ4v) is 8.06. The number of hydrogen-bond acceptors (Lipinski definition) is 23. The Morgan fingerprint density at radius 2 is 1.48 bits per heavy atom. The summed E-state index contributed by atoms with van der Waals surface area (Å²) in [5, 5.41) is 52.4. The molecule has 0 saturated carbocycles. The Balaban J connectivity index is 1.55. The van der Waals surface area contributed by atoms with Crippen LogP contribution in [0.2, 0.25) is 0 Å². The number of rotatable bonds is 22. The maximum Gasteiger partial charge on any atom is 0.397 e. The quantitative estimate of drug-likeness (QED) is 0.0124. The van der Waals surface area contributed by atoms with Crippen LogP contribution >= 0.6 is 24.4 Å². The molecule has 0 heterocycles. The predicted octanol–water partition coefficient (Wildman–Crippen LogP) is 5.47. The number of hydrogen-bond donors (Lipinski definition) is 5. The van der Waals surface area contributed by atoms with Crippen LogP contribution in [0, 0.1) is 0 Å². The van der Waals surface area contributed by atoms with E-state index in [9.17, 15) is 35.2 Å². The number of phenolic OH excluding ortho intramolecular Hbond substituents is 1. The molecule has 6 N–H and O–H groups in total. The van der Waals surface area contributed by atoms with Crippen LogP contribution in [0.5, 0.6) is 5.75 Å². The number of benzene rings is 4. The van der Waals surface area contributed by atoms with Crippen molar-refractivity contribution in [1.29, 1.82) is 0 Å². The van der Waals surface area contributed by atoms with Crippen LogP contribution in [0.15, 0.2) is 97.0 Å². The van der Waals surface area contributed by atoms with Gasteiger partial charge >= 0.3 is 10.4 Å². The van der Waals surface area contributed by atoms with Crippen molar-refractivity contribution in [3.8, 4) is 5.75 Å². The second-order valence-electron chi connectivity index (χ2n) is 11.3. The number of aromatic hydroxyl groups is 1. The molecule has 0 aliphatic carbocycles. The van der Waals surface area contributed by atoms with Gasteiger partial charge in [-0.2, -0.15) is 18.6 Å². The highest BCUT2D eigenvalue weighted by molar-refractivity contribution is 7.94. The van der Waals surface area contributed by atoms with Gasteiger partial charge in [0.1, 0.15) is 11.4 Å². The molecule has 0 saturated heterocycles. The summed E-state index contributed by atoms with van der Waals surface area (Å²) in [4.78, 5) is 14.2. The van der Waals surface area contributed by atoms with Gasteiger partial charge in [0.25, 0.3) is 5.91 Å². The van der Waals surface area contributed by atoms with E-state index in [4.69, 9.17) is 25.0 Å². The number of carbonyl (C=O) groups is 1. The molecule has 4 aromatic rings. The number of amides is 1. The highest BCUT2D eigenvalue weighted by Crippen LogP contribution is 2.47. The molecule has 0 aliphatic heterocycles. The predicted molar refractivity (Wildman–Crippen MR) is 205 cm³/mol. The molecule has 0 unspecified atom stereocenters. The monoisotopic (exact) mass is 908 g/mol. The minimum atomic E-state index is -4.81. The molecule has 4 aromatic carbocycles. The van der Waals surface area contributed by atoms with Crippen molar-refractivity contribution in [3.05, 3.63) is 72.3 Å². The zero-order chi connectivity index (χ0) is 42.5. The Kier molecular flexibility index (Phi) is 16.8. The highest BCUT2D eigenvalue weighted by Gasteiger charge is 2.21. The first-order valence-electron chi connectivity index (χ1n) is 15.8. The van der Waals surface area contributed by atoms with Crippen LogP contribution in [0.1, 0.15) is 10.4 Å². The van der Waals surface area contributed by atoms with Crippen molar-refractivity contribution in [2.75, 3.05) is 49.8 Å². The van der Waals surface area contributed by atoms with Crippen molar-refractivity contribution in [1.82, 2.24) is 4.90 Å². The zero-order valence-corrected chi connectivity index (χ0v) is 33.6. The van der Waals surface area contributed by atoms with Crippen LogP contribution in [0.3, 0.4) is 0 Å². The molecule has 0 aliphatic rings. The molecule has 0 radical (unpaired) electrons. The first kappa shape index (κ1) is 46.3. The fraction of sp³-hybridized carbons (Fsp3) is 0.233. The van der Waals surface area contributed by atoms with Crippen LogP contribution in [0.25, 0.3) is 10.8 Å². The number of azo groups is 2. The molecule has 4 rings (SSSR count). The lowest BCUT2D eigenvalue weighted by Gasteiger charge is -2.17. The Morgan fingerprint density at radius 1 is 0.793 bits per heavy atom. The van der Waals surface area contributed by atoms with Gasteiger partial charge in [-0.05, 0) is 60.7 Å². The number of carbonyl (C=O) groups excluding carboxylic acids is 1. The average molecular weight is 909 g/mol. The number of phenols is 1. The van der Waals surface area contributed by atoms with Gasteiger partial charge in [-0.1, -0.05) is 16.1 Å². The maximum absolute atomic E-state index is 13.1. The first-order chi connectivity index (χ1) is 27.4. The van der Waals surface area contributed by atoms with Gasteiger partial charge in [-0.15, -0.1) is 18.9 Å². The Hall–Kier alpha value is -4.40. The number of nitrogen functional groups attached to an aromatic ring is 1. The van der Waals surface area contributed by atoms with E-state index >= 15 is 0 Å². The Labute approximate surface area is 338 Å². The van der Waals surface area contributed by atoms with E-state index in [0.29, 0.717) is 12.0 Å². The fourth-order valence-electron chi connectivity index (χ4n) is 4.68. The van der Waals surface area contributed by atoms with Crippen LogP contribution in [-0.4, -0.2) is 100 Å². The standard InChI is InChI=1S/C30H32N6O17S5/c1-36(11-14-56(41,42)15-13-49-58(45,46)47)30(38)19-3-2-4-21(17-19)33-35-28-26(54-52-50-39)18-24-23(29(28)37)9-10-25(31)27(24)34-32-20-5-7-22(8-6-20)57(43,44)16-12-48-55-53-51-40/h2-10,17-18,37,39-40H,11-16,31H2,1H3,(H,45,46,47)/b34-32+,35-33+. The van der Waals surface area contributed by atoms with Gasteiger partial charge in [0.15, 0.2) is 37.7 Å². The summed E-state index contributed by atoms with van der Waals surface area (Å²) < 4.78 is 97.1. The summed E-state index contributed by atoms with van der Waals surface area (Å²) in [7, 11) is -11.1. The molecular formula is C30H32N6O17S5. The third-order valence-corrected chi connectivity index (χ3v) is 12.2. The summed E-state index contributed by atoms with van der Waals surface area (Å²) in [6.07, 6.45) is 0. The second kappa shape index (κ2) is 21.0. The molecule has 0 fully saturated rings. The maximum atomic E-state index is 13.1. The van der Waals surface area contributed by atoms with Gasteiger partial charge in [-0.25, -0.2) is 31.5 Å². The molecule has 314 valence electrons.